The summed E-state index contributed by atoms with van der Waals surface area (Å²) in [6.07, 6.45) is 3.79. The third kappa shape index (κ3) is 5.04. The molecule has 0 aliphatic carbocycles. The van der Waals surface area contributed by atoms with Gasteiger partial charge < -0.3 is 5.73 Å². The smallest absolute Gasteiger partial charge is 0.137 e. The predicted octanol–water partition coefficient (Wildman–Crippen LogP) is 2.37. The molecule has 0 aliphatic rings. The highest BCUT2D eigenvalue weighted by Gasteiger charge is 2.17. The summed E-state index contributed by atoms with van der Waals surface area (Å²) in [5.41, 5.74) is 5.56. The van der Waals surface area contributed by atoms with Gasteiger partial charge in [0.1, 0.15) is 5.78 Å². The van der Waals surface area contributed by atoms with Gasteiger partial charge in [0, 0.05) is 18.9 Å². The van der Waals surface area contributed by atoms with Gasteiger partial charge >= 0.3 is 0 Å². The Bertz CT molecular complexity index is 145. The highest BCUT2D eigenvalue weighted by atomic mass is 16.1. The molecule has 0 aromatic rings. The maximum absolute atomic E-state index is 11.7. The number of carbonyl (C=O) groups excluding carboxylic acids is 1. The van der Waals surface area contributed by atoms with Crippen molar-refractivity contribution in [1.29, 1.82) is 0 Å². The zero-order chi connectivity index (χ0) is 10.3. The highest BCUT2D eigenvalue weighted by Crippen LogP contribution is 2.14. The predicted molar refractivity (Wildman–Crippen MR) is 56.5 cm³/mol. The Morgan fingerprint density at radius 3 is 2.38 bits per heavy atom. The number of carbonyl (C=O) groups is 1. The number of rotatable bonds is 7. The molecule has 0 spiro atoms. The molecule has 0 radical (unpaired) electrons. The van der Waals surface area contributed by atoms with E-state index >= 15 is 0 Å². The molecule has 0 saturated carbocycles. The van der Waals surface area contributed by atoms with Gasteiger partial charge in [0.2, 0.25) is 0 Å². The summed E-state index contributed by atoms with van der Waals surface area (Å²) < 4.78 is 0. The van der Waals surface area contributed by atoms with Crippen LogP contribution in [0, 0.1) is 11.8 Å². The minimum Gasteiger partial charge on any atom is -0.330 e. The first-order chi connectivity index (χ1) is 6.15. The van der Waals surface area contributed by atoms with Crippen molar-refractivity contribution in [1.82, 2.24) is 0 Å². The molecule has 78 valence electrons. The van der Waals surface area contributed by atoms with E-state index < -0.39 is 0 Å². The van der Waals surface area contributed by atoms with Gasteiger partial charge in [-0.05, 0) is 12.3 Å². The Hall–Kier alpha value is -0.370. The molecule has 2 atom stereocenters. The molecule has 0 bridgehead atoms. The first-order valence-corrected chi connectivity index (χ1v) is 5.38. The van der Waals surface area contributed by atoms with Crippen LogP contribution in [0.15, 0.2) is 0 Å². The lowest BCUT2D eigenvalue weighted by molar-refractivity contribution is -0.123. The van der Waals surface area contributed by atoms with Crippen molar-refractivity contribution in [3.05, 3.63) is 0 Å². The average Bonchev–Trinajstić information content (AvgIpc) is 2.13. The summed E-state index contributed by atoms with van der Waals surface area (Å²) in [5, 5.41) is 0. The van der Waals surface area contributed by atoms with Gasteiger partial charge in [-0.15, -0.1) is 0 Å². The fraction of sp³-hybridized carbons (Fsp3) is 0.909. The Morgan fingerprint density at radius 1 is 1.38 bits per heavy atom. The maximum atomic E-state index is 11.7. The molecule has 0 aromatic carbocycles. The van der Waals surface area contributed by atoms with Crippen molar-refractivity contribution in [2.75, 3.05) is 6.54 Å². The van der Waals surface area contributed by atoms with Crippen LogP contribution in [0.5, 0.6) is 0 Å². The van der Waals surface area contributed by atoms with E-state index in [9.17, 15) is 4.79 Å². The van der Waals surface area contributed by atoms with Crippen molar-refractivity contribution >= 4 is 5.78 Å². The number of hydrogen-bond acceptors (Lipinski definition) is 2. The second-order valence-corrected chi connectivity index (χ2v) is 3.91. The topological polar surface area (TPSA) is 43.1 Å². The number of hydrogen-bond donors (Lipinski definition) is 1. The van der Waals surface area contributed by atoms with Crippen molar-refractivity contribution < 1.29 is 4.79 Å². The van der Waals surface area contributed by atoms with E-state index in [1.807, 2.05) is 0 Å². The van der Waals surface area contributed by atoms with E-state index in [4.69, 9.17) is 5.73 Å². The fourth-order valence-corrected chi connectivity index (χ4v) is 1.41. The van der Waals surface area contributed by atoms with Crippen LogP contribution in [-0.4, -0.2) is 12.3 Å². The molecule has 0 aliphatic heterocycles. The summed E-state index contributed by atoms with van der Waals surface area (Å²) in [5.74, 6) is 0.983. The van der Waals surface area contributed by atoms with Crippen molar-refractivity contribution in [2.24, 2.45) is 17.6 Å². The molecule has 0 rings (SSSR count). The molecule has 0 amide bonds. The molecule has 0 saturated heterocycles. The SMILES string of the molecule is CCCC(CN)C(=O)CC(C)CC. The van der Waals surface area contributed by atoms with Crippen LogP contribution in [0.1, 0.15) is 46.5 Å². The third-order valence-corrected chi connectivity index (χ3v) is 2.62. The quantitative estimate of drug-likeness (QED) is 0.661. The number of nitrogens with two attached hydrogens (primary N) is 1. The Morgan fingerprint density at radius 2 is 2.00 bits per heavy atom. The molecule has 2 nitrogen and oxygen atoms in total. The Labute approximate surface area is 81.9 Å². The van der Waals surface area contributed by atoms with Crippen LogP contribution in [-0.2, 0) is 4.79 Å². The second-order valence-electron chi connectivity index (χ2n) is 3.91. The fourth-order valence-electron chi connectivity index (χ4n) is 1.41. The zero-order valence-electron chi connectivity index (χ0n) is 9.18. The van der Waals surface area contributed by atoms with Gasteiger partial charge in [0.15, 0.2) is 0 Å². The number of Topliss-reactive ketones (excluding diaryl/α,β-unsaturated/α-hetero) is 1. The van der Waals surface area contributed by atoms with Crippen LogP contribution < -0.4 is 5.73 Å². The van der Waals surface area contributed by atoms with Gasteiger partial charge in [0.25, 0.3) is 0 Å². The normalized spacial score (nSPS) is 15.4. The van der Waals surface area contributed by atoms with Crippen molar-refractivity contribution in [2.45, 2.75) is 46.5 Å². The van der Waals surface area contributed by atoms with Crippen LogP contribution >= 0.6 is 0 Å². The van der Waals surface area contributed by atoms with E-state index in [2.05, 4.69) is 20.8 Å². The van der Waals surface area contributed by atoms with Crippen LogP contribution in [0.4, 0.5) is 0 Å². The van der Waals surface area contributed by atoms with Gasteiger partial charge in [-0.1, -0.05) is 33.6 Å². The van der Waals surface area contributed by atoms with E-state index in [1.54, 1.807) is 0 Å². The van der Waals surface area contributed by atoms with E-state index in [0.29, 0.717) is 24.7 Å². The highest BCUT2D eigenvalue weighted by molar-refractivity contribution is 5.81. The standard InChI is InChI=1S/C11H23NO/c1-4-6-10(8-12)11(13)7-9(3)5-2/h9-10H,4-8,12H2,1-3H3. The Kier molecular flexibility index (Phi) is 6.87. The molecule has 13 heavy (non-hydrogen) atoms. The van der Waals surface area contributed by atoms with E-state index in [1.165, 1.54) is 0 Å². The maximum Gasteiger partial charge on any atom is 0.137 e. The minimum atomic E-state index is 0.110. The summed E-state index contributed by atoms with van der Waals surface area (Å²) in [6, 6.07) is 0. The van der Waals surface area contributed by atoms with Gasteiger partial charge in [-0.2, -0.15) is 0 Å². The third-order valence-electron chi connectivity index (χ3n) is 2.62. The summed E-state index contributed by atoms with van der Waals surface area (Å²) in [7, 11) is 0. The largest absolute Gasteiger partial charge is 0.330 e. The van der Waals surface area contributed by atoms with Gasteiger partial charge in [-0.3, -0.25) is 4.79 Å². The van der Waals surface area contributed by atoms with E-state index in [0.717, 1.165) is 19.3 Å². The Balaban J connectivity index is 3.90. The average molecular weight is 185 g/mol. The molecule has 0 fully saturated rings. The minimum absolute atomic E-state index is 0.110. The van der Waals surface area contributed by atoms with E-state index in [-0.39, 0.29) is 5.92 Å². The van der Waals surface area contributed by atoms with Crippen LogP contribution in [0.25, 0.3) is 0 Å². The monoisotopic (exact) mass is 185 g/mol. The van der Waals surface area contributed by atoms with Gasteiger partial charge in [0.05, 0.1) is 0 Å². The molecular formula is C11H23NO. The lowest BCUT2D eigenvalue weighted by Gasteiger charge is -2.14. The summed E-state index contributed by atoms with van der Waals surface area (Å²) >= 11 is 0. The lowest BCUT2D eigenvalue weighted by atomic mass is 9.91. The lowest BCUT2D eigenvalue weighted by Crippen LogP contribution is -2.24. The first-order valence-electron chi connectivity index (χ1n) is 5.38. The molecule has 2 N–H and O–H groups in total. The van der Waals surface area contributed by atoms with Gasteiger partial charge in [-0.25, -0.2) is 0 Å². The van der Waals surface area contributed by atoms with Crippen molar-refractivity contribution in [3.63, 3.8) is 0 Å². The molecule has 0 heterocycles. The summed E-state index contributed by atoms with van der Waals surface area (Å²) in [6.45, 7) is 6.86. The first kappa shape index (κ1) is 12.6. The number of ketones is 1. The summed E-state index contributed by atoms with van der Waals surface area (Å²) in [4.78, 5) is 11.7. The molecule has 0 aromatic heterocycles. The zero-order valence-corrected chi connectivity index (χ0v) is 9.18. The van der Waals surface area contributed by atoms with Crippen LogP contribution in [0.2, 0.25) is 0 Å². The van der Waals surface area contributed by atoms with Crippen LogP contribution in [0.3, 0.4) is 0 Å². The molecule has 2 unspecified atom stereocenters. The molecular weight excluding hydrogens is 162 g/mol. The van der Waals surface area contributed by atoms with Crippen molar-refractivity contribution in [3.8, 4) is 0 Å². The second kappa shape index (κ2) is 7.07. The molecule has 2 heteroatoms.